The first-order chi connectivity index (χ1) is 10.8. The molecule has 1 aromatic carbocycles. The van der Waals surface area contributed by atoms with Gasteiger partial charge in [0.25, 0.3) is 0 Å². The number of para-hydroxylation sites is 1. The second kappa shape index (κ2) is 6.59. The Bertz CT molecular complexity index is 768. The Hall–Kier alpha value is -2.71. The van der Waals surface area contributed by atoms with Crippen LogP contribution in [0, 0.1) is 0 Å². The zero-order chi connectivity index (χ0) is 17.1. The summed E-state index contributed by atoms with van der Waals surface area (Å²) in [5, 5.41) is 18.4. The summed E-state index contributed by atoms with van der Waals surface area (Å²) < 4.78 is 1.29. The van der Waals surface area contributed by atoms with Crippen LogP contribution in [-0.4, -0.2) is 44.7 Å². The van der Waals surface area contributed by atoms with E-state index in [1.807, 2.05) is 0 Å². The Morgan fingerprint density at radius 1 is 1.04 bits per heavy atom. The van der Waals surface area contributed by atoms with Crippen molar-refractivity contribution in [3.05, 3.63) is 36.0 Å². The van der Waals surface area contributed by atoms with Gasteiger partial charge in [-0.3, -0.25) is 19.0 Å². The lowest BCUT2D eigenvalue weighted by molar-refractivity contribution is -0.139. The number of fused-ring (bicyclic) bond motifs is 1. The van der Waals surface area contributed by atoms with Crippen LogP contribution in [0.2, 0.25) is 0 Å². The second-order valence-electron chi connectivity index (χ2n) is 5.23. The van der Waals surface area contributed by atoms with Gasteiger partial charge in [-0.1, -0.05) is 18.2 Å². The van der Waals surface area contributed by atoms with Crippen LogP contribution in [0.1, 0.15) is 16.8 Å². The Labute approximate surface area is 131 Å². The molecule has 8 nitrogen and oxygen atoms in total. The molecule has 0 aliphatic carbocycles. The van der Waals surface area contributed by atoms with E-state index in [1.54, 1.807) is 24.3 Å². The van der Waals surface area contributed by atoms with Crippen LogP contribution in [-0.2, 0) is 16.0 Å². The summed E-state index contributed by atoms with van der Waals surface area (Å²) in [6.45, 7) is 0. The van der Waals surface area contributed by atoms with Gasteiger partial charge in [0.1, 0.15) is 12.1 Å². The van der Waals surface area contributed by atoms with Crippen LogP contribution in [0.3, 0.4) is 0 Å². The fraction of sp³-hybridized carbons (Fsp3) is 0.267. The van der Waals surface area contributed by atoms with Crippen LogP contribution < -0.4 is 11.5 Å². The largest absolute Gasteiger partial charge is 0.480 e. The van der Waals surface area contributed by atoms with Crippen LogP contribution >= 0.6 is 0 Å². The molecular weight excluding hydrogens is 302 g/mol. The molecular formula is C15H17N3O5. The second-order valence-corrected chi connectivity index (χ2v) is 5.23. The monoisotopic (exact) mass is 319 g/mol. The van der Waals surface area contributed by atoms with Crippen LogP contribution in [0.15, 0.2) is 30.5 Å². The van der Waals surface area contributed by atoms with Crippen molar-refractivity contribution in [3.8, 4) is 0 Å². The number of carbonyl (C=O) groups is 3. The topological polar surface area (TPSA) is 149 Å². The van der Waals surface area contributed by atoms with Crippen molar-refractivity contribution < 1.29 is 24.6 Å². The van der Waals surface area contributed by atoms with Gasteiger partial charge in [-0.2, -0.15) is 0 Å². The predicted molar refractivity (Wildman–Crippen MR) is 82.1 cm³/mol. The molecule has 122 valence electrons. The van der Waals surface area contributed by atoms with Gasteiger partial charge >= 0.3 is 11.9 Å². The number of rotatable bonds is 6. The fourth-order valence-corrected chi connectivity index (χ4v) is 2.32. The number of benzene rings is 1. The molecule has 0 amide bonds. The van der Waals surface area contributed by atoms with Crippen LogP contribution in [0.25, 0.3) is 10.9 Å². The van der Waals surface area contributed by atoms with Crippen molar-refractivity contribution >= 4 is 28.7 Å². The maximum Gasteiger partial charge on any atom is 0.321 e. The molecule has 8 heteroatoms. The molecule has 0 aliphatic heterocycles. The number of nitrogens with two attached hydrogens (primary N) is 2. The molecule has 23 heavy (non-hydrogen) atoms. The van der Waals surface area contributed by atoms with E-state index in [2.05, 4.69) is 0 Å². The molecule has 1 heterocycles. The molecule has 0 saturated heterocycles. The Morgan fingerprint density at radius 2 is 1.65 bits per heavy atom. The lowest BCUT2D eigenvalue weighted by Gasteiger charge is -2.07. The molecule has 2 atom stereocenters. The summed E-state index contributed by atoms with van der Waals surface area (Å²) >= 11 is 0. The molecule has 2 aromatic rings. The summed E-state index contributed by atoms with van der Waals surface area (Å²) in [6.07, 6.45) is 1.18. The van der Waals surface area contributed by atoms with E-state index in [-0.39, 0.29) is 12.8 Å². The number of hydrogen-bond donors (Lipinski definition) is 4. The number of nitrogens with zero attached hydrogens (tertiary/aromatic N) is 1. The van der Waals surface area contributed by atoms with E-state index in [9.17, 15) is 14.4 Å². The van der Waals surface area contributed by atoms with E-state index < -0.39 is 29.9 Å². The van der Waals surface area contributed by atoms with Gasteiger partial charge in [-0.05, 0) is 11.6 Å². The van der Waals surface area contributed by atoms with Gasteiger partial charge in [0.2, 0.25) is 5.91 Å². The summed E-state index contributed by atoms with van der Waals surface area (Å²) in [5.41, 5.74) is 12.1. The lowest BCUT2D eigenvalue weighted by atomic mass is 10.1. The van der Waals surface area contributed by atoms with Gasteiger partial charge in [-0.25, -0.2) is 0 Å². The van der Waals surface area contributed by atoms with Crippen molar-refractivity contribution in [1.29, 1.82) is 0 Å². The molecule has 0 bridgehead atoms. The highest BCUT2D eigenvalue weighted by Gasteiger charge is 2.21. The number of aliphatic carboxylic acids is 2. The molecule has 1 aromatic heterocycles. The third kappa shape index (κ3) is 3.55. The summed E-state index contributed by atoms with van der Waals surface area (Å²) in [6, 6.07) is 4.54. The zero-order valence-corrected chi connectivity index (χ0v) is 12.2. The van der Waals surface area contributed by atoms with Gasteiger partial charge < -0.3 is 21.7 Å². The molecule has 0 unspecified atom stereocenters. The highest BCUT2D eigenvalue weighted by molar-refractivity contribution is 5.96. The fourth-order valence-electron chi connectivity index (χ4n) is 2.32. The Morgan fingerprint density at radius 3 is 2.26 bits per heavy atom. The van der Waals surface area contributed by atoms with E-state index in [1.165, 1.54) is 10.8 Å². The summed E-state index contributed by atoms with van der Waals surface area (Å²) in [4.78, 5) is 34.0. The van der Waals surface area contributed by atoms with Crippen LogP contribution in [0.4, 0.5) is 0 Å². The molecule has 0 saturated carbocycles. The summed E-state index contributed by atoms with van der Waals surface area (Å²) in [7, 11) is 0. The van der Waals surface area contributed by atoms with Gasteiger partial charge in [0.05, 0.1) is 11.9 Å². The van der Waals surface area contributed by atoms with E-state index >= 15 is 0 Å². The molecule has 0 aliphatic rings. The number of hydrogen-bond acceptors (Lipinski definition) is 5. The normalized spacial score (nSPS) is 13.7. The first kappa shape index (κ1) is 16.7. The van der Waals surface area contributed by atoms with E-state index in [0.29, 0.717) is 16.5 Å². The molecule has 0 fully saturated rings. The van der Waals surface area contributed by atoms with E-state index in [0.717, 1.165) is 0 Å². The van der Waals surface area contributed by atoms with Gasteiger partial charge in [0.15, 0.2) is 0 Å². The average Bonchev–Trinajstić information content (AvgIpc) is 2.86. The first-order valence-electron chi connectivity index (χ1n) is 6.90. The lowest BCUT2D eigenvalue weighted by Crippen LogP contribution is -2.34. The SMILES string of the molecule is N[C@@H](CC(=O)n1cc(C[C@H](N)C(=O)O)c2ccccc21)C(=O)O. The first-order valence-corrected chi connectivity index (χ1v) is 6.90. The highest BCUT2D eigenvalue weighted by atomic mass is 16.4. The Balaban J connectivity index is 2.39. The van der Waals surface area contributed by atoms with Crippen LogP contribution in [0.5, 0.6) is 0 Å². The minimum absolute atomic E-state index is 0.0567. The van der Waals surface area contributed by atoms with Crippen molar-refractivity contribution in [2.45, 2.75) is 24.9 Å². The minimum atomic E-state index is -1.30. The van der Waals surface area contributed by atoms with E-state index in [4.69, 9.17) is 21.7 Å². The van der Waals surface area contributed by atoms with Crippen molar-refractivity contribution in [2.24, 2.45) is 11.5 Å². The molecule has 6 N–H and O–H groups in total. The molecule has 0 spiro atoms. The minimum Gasteiger partial charge on any atom is -0.480 e. The predicted octanol–water partition coefficient (Wildman–Crippen LogP) is 0.0379. The van der Waals surface area contributed by atoms with Crippen molar-refractivity contribution in [1.82, 2.24) is 4.57 Å². The maximum atomic E-state index is 12.3. The van der Waals surface area contributed by atoms with Gasteiger partial charge in [-0.15, -0.1) is 0 Å². The quantitative estimate of drug-likeness (QED) is 0.587. The van der Waals surface area contributed by atoms with Crippen molar-refractivity contribution in [3.63, 3.8) is 0 Å². The number of aromatic nitrogens is 1. The third-order valence-electron chi connectivity index (χ3n) is 3.53. The zero-order valence-electron chi connectivity index (χ0n) is 12.2. The smallest absolute Gasteiger partial charge is 0.321 e. The number of carboxylic acid groups (broad SMARTS) is 2. The third-order valence-corrected chi connectivity index (χ3v) is 3.53. The maximum absolute atomic E-state index is 12.3. The van der Waals surface area contributed by atoms with Crippen molar-refractivity contribution in [2.75, 3.05) is 0 Å². The number of carbonyl (C=O) groups excluding carboxylic acids is 1. The Kier molecular flexibility index (Phi) is 4.77. The standard InChI is InChI=1S/C15H17N3O5/c16-10(14(20)21)5-8-7-18(12-4-2-1-3-9(8)12)13(19)6-11(17)15(22)23/h1-4,7,10-11H,5-6,16-17H2,(H,20,21)(H,22,23)/t10-,11-/m0/s1. The number of carboxylic acids is 2. The van der Waals surface area contributed by atoms with Gasteiger partial charge in [0, 0.05) is 18.0 Å². The molecule has 0 radical (unpaired) electrons. The highest BCUT2D eigenvalue weighted by Crippen LogP contribution is 2.23. The molecule has 2 rings (SSSR count). The average molecular weight is 319 g/mol. The summed E-state index contributed by atoms with van der Waals surface area (Å²) in [5.74, 6) is -2.88.